The molecular weight excluding hydrogens is 296 g/mol. The van der Waals surface area contributed by atoms with Crippen LogP contribution in [0.15, 0.2) is 16.6 Å². The number of hydrogen-bond acceptors (Lipinski definition) is 5. The highest BCUT2D eigenvalue weighted by atomic mass is 32.2. The van der Waals surface area contributed by atoms with E-state index in [1.165, 1.54) is 22.1 Å². The van der Waals surface area contributed by atoms with Crippen molar-refractivity contribution in [3.8, 4) is 0 Å². The van der Waals surface area contributed by atoms with Gasteiger partial charge in [-0.05, 0) is 18.8 Å². The highest BCUT2D eigenvalue weighted by Gasteiger charge is 2.33. The Morgan fingerprint density at radius 1 is 1.55 bits per heavy atom. The number of aromatic nitrogens is 2. The molecule has 1 aliphatic carbocycles. The molecule has 0 saturated heterocycles. The maximum absolute atomic E-state index is 12.8. The number of anilines is 1. The van der Waals surface area contributed by atoms with Crippen molar-refractivity contribution in [2.45, 2.75) is 31.2 Å². The van der Waals surface area contributed by atoms with Gasteiger partial charge in [0, 0.05) is 24.7 Å². The van der Waals surface area contributed by atoms with Crippen LogP contribution < -0.4 is 5.73 Å². The van der Waals surface area contributed by atoms with Gasteiger partial charge in [-0.1, -0.05) is 13.3 Å². The highest BCUT2D eigenvalue weighted by molar-refractivity contribution is 7.89. The van der Waals surface area contributed by atoms with E-state index in [1.54, 1.807) is 10.6 Å². The monoisotopic (exact) mass is 314 g/mol. The summed E-state index contributed by atoms with van der Waals surface area (Å²) < 4.78 is 28.7. The summed E-state index contributed by atoms with van der Waals surface area (Å²) in [5, 5.41) is 1.91. The first kappa shape index (κ1) is 13.8. The summed E-state index contributed by atoms with van der Waals surface area (Å²) in [6, 6.07) is 0. The Labute approximate surface area is 122 Å². The highest BCUT2D eigenvalue weighted by Crippen LogP contribution is 2.31. The second-order valence-electron chi connectivity index (χ2n) is 5.11. The molecular formula is C12H18N4O2S2. The van der Waals surface area contributed by atoms with Crippen LogP contribution >= 0.6 is 11.3 Å². The summed E-state index contributed by atoms with van der Waals surface area (Å²) in [6.07, 6.45) is 5.13. The minimum Gasteiger partial charge on any atom is -0.381 e. The average molecular weight is 314 g/mol. The molecule has 20 heavy (non-hydrogen) atoms. The average Bonchev–Trinajstić information content (AvgIpc) is 2.86. The fourth-order valence-corrected chi connectivity index (χ4v) is 5.00. The van der Waals surface area contributed by atoms with E-state index in [-0.39, 0.29) is 10.8 Å². The van der Waals surface area contributed by atoms with Crippen molar-refractivity contribution in [3.05, 3.63) is 11.6 Å². The first-order chi connectivity index (χ1) is 9.54. The third kappa shape index (κ3) is 2.11. The molecule has 1 aliphatic rings. The van der Waals surface area contributed by atoms with Crippen molar-refractivity contribution < 1.29 is 8.42 Å². The summed E-state index contributed by atoms with van der Waals surface area (Å²) >= 11 is 1.38. The van der Waals surface area contributed by atoms with E-state index in [2.05, 4.69) is 4.98 Å². The van der Waals surface area contributed by atoms with Gasteiger partial charge in [-0.15, -0.1) is 11.3 Å². The van der Waals surface area contributed by atoms with E-state index in [0.29, 0.717) is 24.0 Å². The lowest BCUT2D eigenvalue weighted by Gasteiger charge is -2.31. The molecule has 2 aromatic rings. The number of imidazole rings is 1. The van der Waals surface area contributed by atoms with Crippen LogP contribution in [0.3, 0.4) is 0 Å². The first-order valence-electron chi connectivity index (χ1n) is 6.75. The predicted octanol–water partition coefficient (Wildman–Crippen LogP) is 1.79. The smallest absolute Gasteiger partial charge is 0.262 e. The van der Waals surface area contributed by atoms with Gasteiger partial charge in [0.15, 0.2) is 15.8 Å². The van der Waals surface area contributed by atoms with Gasteiger partial charge in [0.25, 0.3) is 10.0 Å². The fourth-order valence-electron chi connectivity index (χ4n) is 2.52. The Morgan fingerprint density at radius 2 is 2.30 bits per heavy atom. The van der Waals surface area contributed by atoms with Gasteiger partial charge in [-0.2, -0.15) is 4.31 Å². The molecule has 0 radical (unpaired) electrons. The molecule has 6 nitrogen and oxygen atoms in total. The number of nitrogen functional groups attached to an aromatic ring is 1. The van der Waals surface area contributed by atoms with Gasteiger partial charge < -0.3 is 5.73 Å². The quantitative estimate of drug-likeness (QED) is 0.912. The lowest BCUT2D eigenvalue weighted by molar-refractivity contribution is 0.249. The van der Waals surface area contributed by atoms with Crippen molar-refractivity contribution in [3.63, 3.8) is 0 Å². The Hall–Kier alpha value is -1.12. The van der Waals surface area contributed by atoms with Gasteiger partial charge in [-0.25, -0.2) is 13.4 Å². The van der Waals surface area contributed by atoms with Gasteiger partial charge in [-0.3, -0.25) is 4.40 Å². The molecule has 110 valence electrons. The van der Waals surface area contributed by atoms with E-state index in [0.717, 1.165) is 12.8 Å². The Morgan fingerprint density at radius 3 is 2.90 bits per heavy atom. The molecule has 0 bridgehead atoms. The van der Waals surface area contributed by atoms with Crippen LogP contribution in [-0.4, -0.2) is 35.2 Å². The van der Waals surface area contributed by atoms with Gasteiger partial charge in [0.1, 0.15) is 0 Å². The van der Waals surface area contributed by atoms with E-state index < -0.39 is 10.0 Å². The molecule has 0 amide bonds. The van der Waals surface area contributed by atoms with Crippen molar-refractivity contribution in [2.75, 3.05) is 18.8 Å². The largest absolute Gasteiger partial charge is 0.381 e. The second kappa shape index (κ2) is 5.01. The van der Waals surface area contributed by atoms with Crippen molar-refractivity contribution in [1.29, 1.82) is 0 Å². The predicted molar refractivity (Wildman–Crippen MR) is 79.3 cm³/mol. The molecule has 8 heteroatoms. The lowest BCUT2D eigenvalue weighted by Crippen LogP contribution is -2.38. The van der Waals surface area contributed by atoms with E-state index >= 15 is 0 Å². The summed E-state index contributed by atoms with van der Waals surface area (Å²) in [5.74, 6) is 0.570. The zero-order chi connectivity index (χ0) is 14.3. The number of hydrogen-bond donors (Lipinski definition) is 1. The van der Waals surface area contributed by atoms with E-state index in [9.17, 15) is 8.42 Å². The Bertz CT molecular complexity index is 715. The van der Waals surface area contributed by atoms with Crippen molar-refractivity contribution >= 4 is 32.1 Å². The number of sulfonamides is 1. The zero-order valence-electron chi connectivity index (χ0n) is 11.3. The summed E-state index contributed by atoms with van der Waals surface area (Å²) in [7, 11) is -3.59. The number of fused-ring (bicyclic) bond motifs is 1. The van der Waals surface area contributed by atoms with Crippen LogP contribution in [0.2, 0.25) is 0 Å². The van der Waals surface area contributed by atoms with Crippen LogP contribution in [0.25, 0.3) is 4.96 Å². The topological polar surface area (TPSA) is 80.7 Å². The lowest BCUT2D eigenvalue weighted by atomic mass is 9.85. The maximum atomic E-state index is 12.8. The molecule has 2 N–H and O–H groups in total. The summed E-state index contributed by atoms with van der Waals surface area (Å²) in [5.41, 5.74) is 5.82. The third-order valence-electron chi connectivity index (χ3n) is 3.87. The molecule has 1 fully saturated rings. The summed E-state index contributed by atoms with van der Waals surface area (Å²) in [4.78, 5) is 4.73. The molecule has 0 aromatic carbocycles. The van der Waals surface area contributed by atoms with Crippen LogP contribution in [-0.2, 0) is 10.0 Å². The fraction of sp³-hybridized carbons (Fsp3) is 0.583. The molecule has 0 aliphatic heterocycles. The zero-order valence-corrected chi connectivity index (χ0v) is 13.0. The molecule has 1 saturated carbocycles. The molecule has 3 rings (SSSR count). The van der Waals surface area contributed by atoms with Crippen LogP contribution in [0.1, 0.15) is 26.2 Å². The van der Waals surface area contributed by atoms with Crippen molar-refractivity contribution in [2.24, 2.45) is 5.92 Å². The van der Waals surface area contributed by atoms with Gasteiger partial charge in [0.2, 0.25) is 0 Å². The Balaban J connectivity index is 2.00. The molecule has 2 aromatic heterocycles. The van der Waals surface area contributed by atoms with Crippen LogP contribution in [0.5, 0.6) is 0 Å². The molecule has 0 unspecified atom stereocenters. The van der Waals surface area contributed by atoms with Crippen molar-refractivity contribution in [1.82, 2.24) is 13.7 Å². The number of nitrogens with zero attached hydrogens (tertiary/aromatic N) is 3. The number of thiazole rings is 1. The summed E-state index contributed by atoms with van der Waals surface area (Å²) in [6.45, 7) is 2.89. The van der Waals surface area contributed by atoms with E-state index in [4.69, 9.17) is 5.73 Å². The third-order valence-corrected chi connectivity index (χ3v) is 6.61. The minimum absolute atomic E-state index is 0.0870. The van der Waals surface area contributed by atoms with Gasteiger partial charge in [0.05, 0.1) is 0 Å². The Kier molecular flexibility index (Phi) is 3.47. The molecule has 2 heterocycles. The SMILES string of the molecule is CCN(CC1CCC1)S(=O)(=O)c1c(N)nc2sccn12. The molecule has 0 atom stereocenters. The minimum atomic E-state index is -3.59. The number of rotatable bonds is 5. The maximum Gasteiger partial charge on any atom is 0.262 e. The standard InChI is InChI=1S/C12H18N4O2S2/c1-2-15(8-9-4-3-5-9)20(17,18)11-10(13)14-12-16(11)6-7-19-12/h6-7,9H,2-5,8,13H2,1H3. The van der Waals surface area contributed by atoms with Crippen LogP contribution in [0, 0.1) is 5.92 Å². The molecule has 0 spiro atoms. The first-order valence-corrected chi connectivity index (χ1v) is 9.07. The van der Waals surface area contributed by atoms with E-state index in [1.807, 2.05) is 12.3 Å². The van der Waals surface area contributed by atoms with Gasteiger partial charge >= 0.3 is 0 Å². The second-order valence-corrected chi connectivity index (χ2v) is 7.84. The number of nitrogens with two attached hydrogens (primary N) is 1. The normalized spacial score (nSPS) is 16.9. The van der Waals surface area contributed by atoms with Crippen LogP contribution in [0.4, 0.5) is 5.82 Å².